The maximum Gasteiger partial charge on any atom is 0.328 e. The number of benzene rings is 2. The van der Waals surface area contributed by atoms with Crippen LogP contribution in [0.5, 0.6) is 0 Å². The number of hydrogen-bond donors (Lipinski definition) is 2. The molecule has 0 fully saturated rings. The fraction of sp³-hybridized carbons (Fsp3) is 0.286. The lowest BCUT2D eigenvalue weighted by Gasteiger charge is -2.30. The quantitative estimate of drug-likeness (QED) is 0.412. The Morgan fingerprint density at radius 2 is 1.76 bits per heavy atom. The van der Waals surface area contributed by atoms with Crippen LogP contribution in [0.15, 0.2) is 43.0 Å². The van der Waals surface area contributed by atoms with Crippen molar-refractivity contribution in [1.82, 2.24) is 20.6 Å². The number of halogens is 2. The molecule has 196 valence electrons. The van der Waals surface area contributed by atoms with Crippen molar-refractivity contribution in [1.29, 1.82) is 0 Å². The maximum atomic E-state index is 14.6. The highest BCUT2D eigenvalue weighted by Crippen LogP contribution is 2.38. The van der Waals surface area contributed by atoms with E-state index in [0.717, 1.165) is 52.4 Å². The summed E-state index contributed by atoms with van der Waals surface area (Å²) < 4.78 is 29.2. The van der Waals surface area contributed by atoms with E-state index in [0.29, 0.717) is 17.1 Å². The predicted octanol–water partition coefficient (Wildman–Crippen LogP) is 6.21. The van der Waals surface area contributed by atoms with E-state index in [1.165, 1.54) is 6.07 Å². The molecule has 2 amide bonds. The topological polar surface area (TPSA) is 87.2 Å². The van der Waals surface area contributed by atoms with Crippen LogP contribution in [0.25, 0.3) is 17.0 Å². The van der Waals surface area contributed by atoms with Gasteiger partial charge >= 0.3 is 6.03 Å². The summed E-state index contributed by atoms with van der Waals surface area (Å²) in [6.45, 7) is 16.8. The summed E-state index contributed by atoms with van der Waals surface area (Å²) >= 11 is 0. The van der Waals surface area contributed by atoms with Crippen molar-refractivity contribution < 1.29 is 18.4 Å². The van der Waals surface area contributed by atoms with Crippen molar-refractivity contribution in [2.45, 2.75) is 47.6 Å². The van der Waals surface area contributed by atoms with Gasteiger partial charge in [0.15, 0.2) is 5.82 Å². The Morgan fingerprint density at radius 3 is 2.38 bits per heavy atom. The van der Waals surface area contributed by atoms with Crippen molar-refractivity contribution >= 4 is 30.0 Å². The molecule has 37 heavy (non-hydrogen) atoms. The van der Waals surface area contributed by atoms with Crippen molar-refractivity contribution in [3.05, 3.63) is 77.1 Å². The normalized spacial score (nSPS) is 11.8. The summed E-state index contributed by atoms with van der Waals surface area (Å²) in [5, 5.41) is 5.99. The molecule has 0 spiro atoms. The zero-order valence-corrected chi connectivity index (χ0v) is 21.9. The molecule has 0 saturated heterocycles. The van der Waals surface area contributed by atoms with E-state index < -0.39 is 23.4 Å². The summed E-state index contributed by atoms with van der Waals surface area (Å²) in [7, 11) is 0. The Bertz CT molecular complexity index is 1260. The first-order chi connectivity index (χ1) is 17.8. The van der Waals surface area contributed by atoms with Crippen LogP contribution in [-0.4, -0.2) is 29.3 Å². The van der Waals surface area contributed by atoms with Crippen LogP contribution in [0.2, 0.25) is 0 Å². The molecule has 3 aromatic rings. The number of para-hydroxylation sites is 1. The van der Waals surface area contributed by atoms with Crippen LogP contribution in [-0.2, 0) is 11.3 Å². The number of aryl methyl sites for hydroxylation is 2. The van der Waals surface area contributed by atoms with Gasteiger partial charge < -0.3 is 15.4 Å². The van der Waals surface area contributed by atoms with Gasteiger partial charge in [-0.2, -0.15) is 0 Å². The molecule has 0 aliphatic carbocycles. The summed E-state index contributed by atoms with van der Waals surface area (Å²) in [5.41, 5.74) is 4.20. The number of aromatic nitrogens is 2. The molecule has 9 heteroatoms. The van der Waals surface area contributed by atoms with Gasteiger partial charge in [-0.15, -0.1) is 0 Å². The summed E-state index contributed by atoms with van der Waals surface area (Å²) in [6, 6.07) is 8.75. The van der Waals surface area contributed by atoms with Gasteiger partial charge in [0.05, 0.1) is 12.2 Å². The zero-order valence-electron chi connectivity index (χ0n) is 21.9. The molecule has 4 rings (SSSR count). The lowest BCUT2D eigenvalue weighted by molar-refractivity contribution is -0.0980. The van der Waals surface area contributed by atoms with Crippen molar-refractivity contribution in [3.8, 4) is 11.3 Å². The van der Waals surface area contributed by atoms with Crippen molar-refractivity contribution in [3.63, 3.8) is 0 Å². The average molecular weight is 510 g/mol. The van der Waals surface area contributed by atoms with Crippen LogP contribution in [0, 0.1) is 25.5 Å². The summed E-state index contributed by atoms with van der Waals surface area (Å²) in [6.07, 6.45) is 0.971. The molecular formula is C28H33F2N5O2. The summed E-state index contributed by atoms with van der Waals surface area (Å²) in [5.74, 6) is -1.16. The molecule has 1 aliphatic heterocycles. The minimum Gasteiger partial charge on any atom is -0.385 e. The number of nitrogens with zero attached hydrogens (tertiary/aromatic N) is 3. The fourth-order valence-corrected chi connectivity index (χ4v) is 3.84. The smallest absolute Gasteiger partial charge is 0.328 e. The van der Waals surface area contributed by atoms with E-state index in [-0.39, 0.29) is 12.4 Å². The Balaban J connectivity index is 0.00000115. The lowest BCUT2D eigenvalue weighted by atomic mass is 9.97. The van der Waals surface area contributed by atoms with E-state index in [9.17, 15) is 13.6 Å². The van der Waals surface area contributed by atoms with Gasteiger partial charge in [0.1, 0.15) is 29.9 Å². The highest BCUT2D eigenvalue weighted by atomic mass is 19.1. The molecule has 1 aliphatic rings. The Labute approximate surface area is 216 Å². The minimum absolute atomic E-state index is 0.134. The van der Waals surface area contributed by atoms with E-state index in [4.69, 9.17) is 4.79 Å². The standard InChI is InChI=1S/C25H25F2N5O.C2H6.CH2O/c1-5-11-28-15(3)17-10-9-14(2)18(12-17)22-19-13-29-25(33)32(24(19)31-16(4)30-22)23-20(26)7-6-8-21(23)27;2*1-2/h6-10,12,28H,3,5,11,13H2,1-2,4H3,(H,29,33);1-2H3;1H2. The molecule has 0 atom stereocenters. The molecule has 7 nitrogen and oxygen atoms in total. The van der Waals surface area contributed by atoms with Gasteiger partial charge in [0.2, 0.25) is 0 Å². The highest BCUT2D eigenvalue weighted by molar-refractivity contribution is 6.02. The second kappa shape index (κ2) is 13.2. The number of amides is 2. The van der Waals surface area contributed by atoms with Crippen LogP contribution in [0.3, 0.4) is 0 Å². The minimum atomic E-state index is -0.854. The second-order valence-corrected chi connectivity index (χ2v) is 7.92. The molecular weight excluding hydrogens is 476 g/mol. The molecule has 2 aromatic carbocycles. The third-order valence-corrected chi connectivity index (χ3v) is 5.52. The fourth-order valence-electron chi connectivity index (χ4n) is 3.84. The SMILES string of the molecule is C=C(NCCC)c1ccc(C)c(-c2nc(C)nc3c2CNC(=O)N3c2c(F)cccc2F)c1.C=O.CC. The number of rotatable bonds is 6. The third kappa shape index (κ3) is 6.17. The first-order valence-corrected chi connectivity index (χ1v) is 12.0. The average Bonchev–Trinajstić information content (AvgIpc) is 2.90. The summed E-state index contributed by atoms with van der Waals surface area (Å²) in [4.78, 5) is 30.7. The van der Waals surface area contributed by atoms with Crippen LogP contribution < -0.4 is 15.5 Å². The van der Waals surface area contributed by atoms with E-state index in [1.54, 1.807) is 6.92 Å². The molecule has 2 heterocycles. The zero-order chi connectivity index (χ0) is 27.7. The first kappa shape index (κ1) is 29.1. The van der Waals surface area contributed by atoms with E-state index >= 15 is 0 Å². The highest BCUT2D eigenvalue weighted by Gasteiger charge is 2.33. The van der Waals surface area contributed by atoms with Crippen molar-refractivity contribution in [2.24, 2.45) is 0 Å². The van der Waals surface area contributed by atoms with Crippen LogP contribution in [0.1, 0.15) is 49.7 Å². The van der Waals surface area contributed by atoms with Crippen LogP contribution >= 0.6 is 0 Å². The molecule has 0 bridgehead atoms. The number of nitrogens with one attached hydrogen (secondary N) is 2. The van der Waals surface area contributed by atoms with Gasteiger partial charge in [-0.25, -0.2) is 28.4 Å². The molecule has 2 N–H and O–H groups in total. The molecule has 0 unspecified atom stereocenters. The second-order valence-electron chi connectivity index (χ2n) is 7.92. The predicted molar refractivity (Wildman–Crippen MR) is 143 cm³/mol. The third-order valence-electron chi connectivity index (χ3n) is 5.52. The van der Waals surface area contributed by atoms with E-state index in [2.05, 4.69) is 34.1 Å². The number of carbonyl (C=O) groups excluding carboxylic acids is 2. The molecule has 0 radical (unpaired) electrons. The number of hydrogen-bond acceptors (Lipinski definition) is 5. The Hall–Kier alpha value is -4.14. The maximum absolute atomic E-state index is 14.6. The number of urea groups is 1. The van der Waals surface area contributed by atoms with Gasteiger partial charge in [-0.3, -0.25) is 0 Å². The number of fused-ring (bicyclic) bond motifs is 1. The van der Waals surface area contributed by atoms with Gasteiger partial charge in [-0.1, -0.05) is 45.5 Å². The number of carbonyl (C=O) groups is 2. The van der Waals surface area contributed by atoms with Crippen molar-refractivity contribution in [2.75, 3.05) is 11.4 Å². The number of anilines is 2. The van der Waals surface area contributed by atoms with Gasteiger partial charge in [0.25, 0.3) is 0 Å². The monoisotopic (exact) mass is 509 g/mol. The molecule has 1 aromatic heterocycles. The van der Waals surface area contributed by atoms with E-state index in [1.807, 2.05) is 45.8 Å². The molecule has 0 saturated carbocycles. The lowest BCUT2D eigenvalue weighted by Crippen LogP contribution is -2.43. The van der Waals surface area contributed by atoms with Crippen LogP contribution in [0.4, 0.5) is 25.1 Å². The Morgan fingerprint density at radius 1 is 1.11 bits per heavy atom. The Kier molecular flexibility index (Phi) is 10.4. The van der Waals surface area contributed by atoms with Gasteiger partial charge in [0, 0.05) is 23.4 Å². The first-order valence-electron chi connectivity index (χ1n) is 12.0. The van der Waals surface area contributed by atoms with Gasteiger partial charge in [-0.05, 0) is 49.6 Å². The largest absolute Gasteiger partial charge is 0.385 e.